The number of aromatic amines is 1. The molecule has 3 rings (SSSR count). The molecule has 0 saturated carbocycles. The van der Waals surface area contributed by atoms with Crippen molar-refractivity contribution in [3.63, 3.8) is 0 Å². The zero-order valence-corrected chi connectivity index (χ0v) is 19.5. The van der Waals surface area contributed by atoms with Crippen LogP contribution in [0.3, 0.4) is 0 Å². The first-order chi connectivity index (χ1) is 17.2. The van der Waals surface area contributed by atoms with Crippen molar-refractivity contribution in [3.8, 4) is 0 Å². The minimum Gasteiger partial charge on any atom is -0.480 e. The Kier molecular flexibility index (Phi) is 8.97. The van der Waals surface area contributed by atoms with E-state index in [0.717, 1.165) is 17.3 Å². The van der Waals surface area contributed by atoms with Gasteiger partial charge in [0.2, 0.25) is 23.6 Å². The molecule has 1 saturated heterocycles. The van der Waals surface area contributed by atoms with Gasteiger partial charge in [-0.15, -0.1) is 0 Å². The van der Waals surface area contributed by atoms with Crippen molar-refractivity contribution < 1.29 is 34.2 Å². The maximum absolute atomic E-state index is 12.8. The van der Waals surface area contributed by atoms with Gasteiger partial charge in [0, 0.05) is 23.5 Å². The number of carboxylic acids is 1. The number of aromatic nitrogens is 1. The molecule has 1 aromatic heterocycles. The lowest BCUT2D eigenvalue weighted by atomic mass is 10.0. The average Bonchev–Trinajstić information content (AvgIpc) is 3.52. The van der Waals surface area contributed by atoms with Gasteiger partial charge >= 0.3 is 5.97 Å². The first-order valence-corrected chi connectivity index (χ1v) is 11.5. The summed E-state index contributed by atoms with van der Waals surface area (Å²) in [7, 11) is 0. The molecule has 13 heteroatoms. The van der Waals surface area contributed by atoms with Crippen molar-refractivity contribution in [2.24, 2.45) is 5.73 Å². The Labute approximate surface area is 206 Å². The SMILES string of the molecule is NC(=O)CC(NC(=O)C1CCCN1)C(=O)NC(CO)C(=O)NC(Cc1c[nH]c2ccccc12)C(=O)O. The lowest BCUT2D eigenvalue weighted by Crippen LogP contribution is -2.58. The van der Waals surface area contributed by atoms with Crippen LogP contribution >= 0.6 is 0 Å². The summed E-state index contributed by atoms with van der Waals surface area (Å²) < 4.78 is 0. The smallest absolute Gasteiger partial charge is 0.326 e. The van der Waals surface area contributed by atoms with E-state index in [1.54, 1.807) is 12.3 Å². The standard InChI is InChI=1S/C23H30N6O7/c24-19(31)9-16(27-20(32)15-6-3-7-25-15)21(33)29-18(11-30)22(34)28-17(23(35)36)8-12-10-26-14-5-2-1-4-13(12)14/h1-2,4-5,10,15-18,25-26,30H,3,6-9,11H2,(H2,24,31)(H,27,32)(H,28,34)(H,29,33)(H,35,36). The van der Waals surface area contributed by atoms with Gasteiger partial charge in [-0.3, -0.25) is 19.2 Å². The number of benzene rings is 1. The summed E-state index contributed by atoms with van der Waals surface area (Å²) in [6, 6.07) is 2.49. The van der Waals surface area contributed by atoms with Crippen LogP contribution in [0.15, 0.2) is 30.5 Å². The quantitative estimate of drug-likeness (QED) is 0.160. The highest BCUT2D eigenvalue weighted by atomic mass is 16.4. The van der Waals surface area contributed by atoms with Gasteiger partial charge in [-0.25, -0.2) is 4.79 Å². The molecule has 0 radical (unpaired) electrons. The molecule has 0 bridgehead atoms. The van der Waals surface area contributed by atoms with Crippen LogP contribution in [0.1, 0.15) is 24.8 Å². The summed E-state index contributed by atoms with van der Waals surface area (Å²) in [6.45, 7) is -0.209. The van der Waals surface area contributed by atoms with E-state index in [2.05, 4.69) is 26.3 Å². The highest BCUT2D eigenvalue weighted by molar-refractivity contribution is 5.96. The van der Waals surface area contributed by atoms with Crippen molar-refractivity contribution in [1.82, 2.24) is 26.3 Å². The van der Waals surface area contributed by atoms with Crippen molar-refractivity contribution in [1.29, 1.82) is 0 Å². The zero-order valence-electron chi connectivity index (χ0n) is 19.5. The molecule has 2 heterocycles. The number of amides is 4. The van der Waals surface area contributed by atoms with Gasteiger partial charge in [-0.2, -0.15) is 0 Å². The Balaban J connectivity index is 1.65. The summed E-state index contributed by atoms with van der Waals surface area (Å²) in [5, 5.41) is 30.1. The van der Waals surface area contributed by atoms with Crippen molar-refractivity contribution in [2.75, 3.05) is 13.2 Å². The predicted octanol–water partition coefficient (Wildman–Crippen LogP) is -2.13. The fourth-order valence-corrected chi connectivity index (χ4v) is 4.05. The van der Waals surface area contributed by atoms with Gasteiger partial charge in [0.1, 0.15) is 18.1 Å². The van der Waals surface area contributed by atoms with Gasteiger partial charge in [0.05, 0.1) is 19.1 Å². The molecule has 13 nitrogen and oxygen atoms in total. The molecule has 1 aliphatic heterocycles. The highest BCUT2D eigenvalue weighted by Crippen LogP contribution is 2.19. The van der Waals surface area contributed by atoms with Crippen LogP contribution in [0.2, 0.25) is 0 Å². The maximum atomic E-state index is 12.8. The third-order valence-electron chi connectivity index (χ3n) is 5.94. The van der Waals surface area contributed by atoms with Gasteiger partial charge in [0.15, 0.2) is 0 Å². The Morgan fingerprint density at radius 3 is 2.36 bits per heavy atom. The summed E-state index contributed by atoms with van der Waals surface area (Å²) in [4.78, 5) is 64.2. The number of para-hydroxylation sites is 1. The molecule has 36 heavy (non-hydrogen) atoms. The van der Waals surface area contributed by atoms with E-state index < -0.39 is 66.8 Å². The Morgan fingerprint density at radius 2 is 1.72 bits per heavy atom. The monoisotopic (exact) mass is 502 g/mol. The minimum absolute atomic E-state index is 0.0497. The topological polar surface area (TPSA) is 216 Å². The second-order valence-corrected chi connectivity index (χ2v) is 8.59. The maximum Gasteiger partial charge on any atom is 0.326 e. The Morgan fingerprint density at radius 1 is 1.03 bits per heavy atom. The first-order valence-electron chi connectivity index (χ1n) is 11.5. The third kappa shape index (κ3) is 6.79. The molecule has 1 fully saturated rings. The Hall–Kier alpha value is -3.97. The van der Waals surface area contributed by atoms with Crippen LogP contribution < -0.4 is 27.0 Å². The van der Waals surface area contributed by atoms with Crippen molar-refractivity contribution in [3.05, 3.63) is 36.0 Å². The minimum atomic E-state index is -1.53. The van der Waals surface area contributed by atoms with E-state index >= 15 is 0 Å². The van der Waals surface area contributed by atoms with Crippen molar-refractivity contribution >= 4 is 40.5 Å². The molecular weight excluding hydrogens is 472 g/mol. The number of fused-ring (bicyclic) bond motifs is 1. The van der Waals surface area contributed by atoms with E-state index in [0.29, 0.717) is 18.5 Å². The number of carbonyl (C=O) groups excluding carboxylic acids is 4. The molecule has 0 aliphatic carbocycles. The summed E-state index contributed by atoms with van der Waals surface area (Å²) in [5.74, 6) is -4.52. The van der Waals surface area contributed by atoms with E-state index in [4.69, 9.17) is 5.73 Å². The largest absolute Gasteiger partial charge is 0.480 e. The number of hydrogen-bond donors (Lipinski definition) is 8. The van der Waals surface area contributed by atoms with Crippen molar-refractivity contribution in [2.45, 2.75) is 49.9 Å². The zero-order chi connectivity index (χ0) is 26.2. The molecule has 2 aromatic rings. The van der Waals surface area contributed by atoms with Gasteiger partial charge < -0.3 is 42.2 Å². The molecule has 4 unspecified atom stereocenters. The van der Waals surface area contributed by atoms with E-state index in [9.17, 15) is 34.2 Å². The van der Waals surface area contributed by atoms with Crippen LogP contribution in [-0.2, 0) is 30.4 Å². The molecule has 1 aromatic carbocycles. The lowest BCUT2D eigenvalue weighted by molar-refractivity contribution is -0.142. The normalized spacial score (nSPS) is 17.6. The number of nitrogens with one attached hydrogen (secondary N) is 5. The number of aliphatic carboxylic acids is 1. The average molecular weight is 503 g/mol. The predicted molar refractivity (Wildman–Crippen MR) is 127 cm³/mol. The fraction of sp³-hybridized carbons (Fsp3) is 0.435. The second kappa shape index (κ2) is 12.1. The van der Waals surface area contributed by atoms with E-state index in [1.807, 2.05) is 18.2 Å². The van der Waals surface area contributed by atoms with Crippen LogP contribution in [0, 0.1) is 0 Å². The molecule has 0 spiro atoms. The fourth-order valence-electron chi connectivity index (χ4n) is 4.05. The molecule has 4 amide bonds. The molecule has 9 N–H and O–H groups in total. The lowest BCUT2D eigenvalue weighted by Gasteiger charge is -2.23. The number of carbonyl (C=O) groups is 5. The second-order valence-electron chi connectivity index (χ2n) is 8.59. The Bertz CT molecular complexity index is 1130. The number of H-pyrrole nitrogens is 1. The summed E-state index contributed by atoms with van der Waals surface area (Å²) in [5.41, 5.74) is 6.67. The highest BCUT2D eigenvalue weighted by Gasteiger charge is 2.32. The number of aliphatic hydroxyl groups is 1. The van der Waals surface area contributed by atoms with Crippen LogP contribution in [0.25, 0.3) is 10.9 Å². The number of aliphatic hydroxyl groups excluding tert-OH is 1. The number of rotatable bonds is 12. The summed E-state index contributed by atoms with van der Waals surface area (Å²) in [6.07, 6.45) is 2.41. The third-order valence-corrected chi connectivity index (χ3v) is 5.94. The number of carboxylic acid groups (broad SMARTS) is 1. The van der Waals surface area contributed by atoms with Gasteiger partial charge in [0.25, 0.3) is 0 Å². The van der Waals surface area contributed by atoms with Gasteiger partial charge in [-0.1, -0.05) is 18.2 Å². The summed E-state index contributed by atoms with van der Waals surface area (Å²) >= 11 is 0. The van der Waals surface area contributed by atoms with E-state index in [1.165, 1.54) is 0 Å². The molecular formula is C23H30N6O7. The number of hydrogen-bond acceptors (Lipinski definition) is 7. The number of nitrogens with two attached hydrogens (primary N) is 1. The van der Waals surface area contributed by atoms with Gasteiger partial charge in [-0.05, 0) is 31.0 Å². The first kappa shape index (κ1) is 26.6. The molecule has 1 aliphatic rings. The molecule has 194 valence electrons. The van der Waals surface area contributed by atoms with Crippen LogP contribution in [0.5, 0.6) is 0 Å². The van der Waals surface area contributed by atoms with Crippen LogP contribution in [0.4, 0.5) is 0 Å². The number of primary amides is 1. The molecule has 4 atom stereocenters. The van der Waals surface area contributed by atoms with E-state index in [-0.39, 0.29) is 6.42 Å². The van der Waals surface area contributed by atoms with Crippen LogP contribution in [-0.4, -0.2) is 82.1 Å².